The molecule has 1 atom stereocenters. The van der Waals surface area contributed by atoms with E-state index in [-0.39, 0.29) is 11.9 Å². The van der Waals surface area contributed by atoms with Crippen molar-refractivity contribution < 1.29 is 4.79 Å². The maximum atomic E-state index is 11.5. The number of carbonyl (C=O) groups is 1. The van der Waals surface area contributed by atoms with Gasteiger partial charge in [0.2, 0.25) is 5.91 Å². The van der Waals surface area contributed by atoms with Crippen LogP contribution in [0.25, 0.3) is 0 Å². The Balaban J connectivity index is 2.19. The van der Waals surface area contributed by atoms with Gasteiger partial charge >= 0.3 is 0 Å². The van der Waals surface area contributed by atoms with Gasteiger partial charge in [-0.05, 0) is 5.92 Å². The molecule has 0 bridgehead atoms. The van der Waals surface area contributed by atoms with Crippen LogP contribution in [0.4, 0.5) is 0 Å². The Labute approximate surface area is 104 Å². The van der Waals surface area contributed by atoms with E-state index in [9.17, 15) is 4.79 Å². The number of nitrogens with zero attached hydrogens (tertiary/aromatic N) is 2. The standard InChI is InChI=1S/C11H16N2OS2/c1-7(2)10-4-12-11(16-10)9-5-15-6-13(9)8(3)14/h4,7,9H,5-6H2,1-3H3. The molecule has 0 N–H and O–H groups in total. The van der Waals surface area contributed by atoms with Crippen LogP contribution < -0.4 is 0 Å². The molecule has 1 aromatic heterocycles. The highest BCUT2D eigenvalue weighted by Gasteiger charge is 2.30. The van der Waals surface area contributed by atoms with E-state index < -0.39 is 0 Å². The first-order chi connectivity index (χ1) is 7.59. The van der Waals surface area contributed by atoms with E-state index in [2.05, 4.69) is 18.8 Å². The van der Waals surface area contributed by atoms with E-state index >= 15 is 0 Å². The van der Waals surface area contributed by atoms with Gasteiger partial charge in [0.15, 0.2) is 0 Å². The summed E-state index contributed by atoms with van der Waals surface area (Å²) in [5.41, 5.74) is 0. The molecule has 3 nitrogen and oxygen atoms in total. The Hall–Kier alpha value is -0.550. The van der Waals surface area contributed by atoms with E-state index in [4.69, 9.17) is 0 Å². The van der Waals surface area contributed by atoms with Crippen LogP contribution >= 0.6 is 23.1 Å². The predicted molar refractivity (Wildman–Crippen MR) is 68.8 cm³/mol. The molecule has 16 heavy (non-hydrogen) atoms. The summed E-state index contributed by atoms with van der Waals surface area (Å²) in [5.74, 6) is 2.45. The van der Waals surface area contributed by atoms with Gasteiger partial charge in [-0.25, -0.2) is 4.98 Å². The Morgan fingerprint density at radius 2 is 2.38 bits per heavy atom. The molecule has 1 amide bonds. The number of thiazole rings is 1. The second kappa shape index (κ2) is 4.75. The highest BCUT2D eigenvalue weighted by atomic mass is 32.2. The third kappa shape index (κ3) is 2.25. The van der Waals surface area contributed by atoms with Crippen LogP contribution in [-0.2, 0) is 4.79 Å². The topological polar surface area (TPSA) is 33.2 Å². The monoisotopic (exact) mass is 256 g/mol. The first-order valence-electron chi connectivity index (χ1n) is 5.40. The molecular formula is C11H16N2OS2. The number of amides is 1. The zero-order valence-corrected chi connectivity index (χ0v) is 11.4. The van der Waals surface area contributed by atoms with Crippen LogP contribution in [0.5, 0.6) is 0 Å². The van der Waals surface area contributed by atoms with E-state index in [1.807, 2.05) is 11.1 Å². The summed E-state index contributed by atoms with van der Waals surface area (Å²) in [6.07, 6.45) is 1.95. The highest BCUT2D eigenvalue weighted by molar-refractivity contribution is 7.99. The van der Waals surface area contributed by atoms with Gasteiger partial charge in [0, 0.05) is 23.8 Å². The third-order valence-corrected chi connectivity index (χ3v) is 5.09. The number of rotatable bonds is 2. The molecular weight excluding hydrogens is 240 g/mol. The number of hydrogen-bond donors (Lipinski definition) is 0. The molecule has 5 heteroatoms. The molecule has 2 rings (SSSR count). The molecule has 1 saturated heterocycles. The van der Waals surface area contributed by atoms with Crippen molar-refractivity contribution in [1.29, 1.82) is 0 Å². The van der Waals surface area contributed by atoms with Crippen molar-refractivity contribution in [3.63, 3.8) is 0 Å². The smallest absolute Gasteiger partial charge is 0.220 e. The van der Waals surface area contributed by atoms with Crippen molar-refractivity contribution in [2.75, 3.05) is 11.6 Å². The third-order valence-electron chi connectivity index (χ3n) is 2.68. The average molecular weight is 256 g/mol. The lowest BCUT2D eigenvalue weighted by atomic mass is 10.2. The number of hydrogen-bond acceptors (Lipinski definition) is 4. The van der Waals surface area contributed by atoms with Crippen molar-refractivity contribution in [2.24, 2.45) is 0 Å². The number of carbonyl (C=O) groups excluding carboxylic acids is 1. The quantitative estimate of drug-likeness (QED) is 0.816. The van der Waals surface area contributed by atoms with Crippen molar-refractivity contribution in [3.05, 3.63) is 16.1 Å². The van der Waals surface area contributed by atoms with Gasteiger partial charge in [0.25, 0.3) is 0 Å². The van der Waals surface area contributed by atoms with Gasteiger partial charge in [-0.15, -0.1) is 23.1 Å². The zero-order chi connectivity index (χ0) is 11.7. The van der Waals surface area contributed by atoms with Crippen LogP contribution in [-0.4, -0.2) is 27.4 Å². The van der Waals surface area contributed by atoms with Crippen LogP contribution in [0.15, 0.2) is 6.20 Å². The molecule has 0 spiro atoms. The largest absolute Gasteiger partial charge is 0.323 e. The summed E-state index contributed by atoms with van der Waals surface area (Å²) in [6.45, 7) is 5.97. The molecule has 0 aliphatic carbocycles. The van der Waals surface area contributed by atoms with E-state index in [1.165, 1.54) is 4.88 Å². The first-order valence-corrected chi connectivity index (χ1v) is 7.37. The van der Waals surface area contributed by atoms with Crippen LogP contribution in [0.2, 0.25) is 0 Å². The van der Waals surface area contributed by atoms with Gasteiger partial charge in [-0.2, -0.15) is 0 Å². The first kappa shape index (κ1) is 11.9. The van der Waals surface area contributed by atoms with Crippen LogP contribution in [0.1, 0.15) is 42.6 Å². The zero-order valence-electron chi connectivity index (χ0n) is 9.77. The molecule has 1 aliphatic rings. The SMILES string of the molecule is CC(=O)N1CSCC1c1ncc(C(C)C)s1. The number of aromatic nitrogens is 1. The molecule has 88 valence electrons. The highest BCUT2D eigenvalue weighted by Crippen LogP contribution is 2.36. The van der Waals surface area contributed by atoms with Gasteiger partial charge in [-0.3, -0.25) is 4.79 Å². The summed E-state index contributed by atoms with van der Waals surface area (Å²) in [5, 5.41) is 1.09. The van der Waals surface area contributed by atoms with Crippen LogP contribution in [0, 0.1) is 0 Å². The minimum atomic E-state index is 0.149. The van der Waals surface area contributed by atoms with Crippen molar-refractivity contribution in [2.45, 2.75) is 32.7 Å². The molecule has 1 fully saturated rings. The normalized spacial score (nSPS) is 20.8. The number of thioether (sulfide) groups is 1. The predicted octanol–water partition coefficient (Wildman–Crippen LogP) is 2.86. The molecule has 1 aromatic rings. The molecule has 0 aromatic carbocycles. The van der Waals surface area contributed by atoms with Crippen molar-refractivity contribution in [1.82, 2.24) is 9.88 Å². The summed E-state index contributed by atoms with van der Waals surface area (Å²) in [4.78, 5) is 19.1. The van der Waals surface area contributed by atoms with Gasteiger partial charge in [-0.1, -0.05) is 13.8 Å². The lowest BCUT2D eigenvalue weighted by Gasteiger charge is -2.19. The second-order valence-corrected chi connectivity index (χ2v) is 6.35. The maximum Gasteiger partial charge on any atom is 0.220 e. The molecule has 1 aliphatic heterocycles. The molecule has 2 heterocycles. The summed E-state index contributed by atoms with van der Waals surface area (Å²) >= 11 is 3.54. The fraction of sp³-hybridized carbons (Fsp3) is 0.636. The summed E-state index contributed by atoms with van der Waals surface area (Å²) in [7, 11) is 0. The molecule has 1 unspecified atom stereocenters. The van der Waals surface area contributed by atoms with Crippen molar-refractivity contribution in [3.8, 4) is 0 Å². The summed E-state index contributed by atoms with van der Waals surface area (Å²) < 4.78 is 0. The minimum absolute atomic E-state index is 0.149. The Bertz CT molecular complexity index is 389. The van der Waals surface area contributed by atoms with Crippen LogP contribution in [0.3, 0.4) is 0 Å². The van der Waals surface area contributed by atoms with E-state index in [0.29, 0.717) is 5.92 Å². The minimum Gasteiger partial charge on any atom is -0.323 e. The van der Waals surface area contributed by atoms with Gasteiger partial charge < -0.3 is 4.90 Å². The summed E-state index contributed by atoms with van der Waals surface area (Å²) in [6, 6.07) is 0.194. The maximum absolute atomic E-state index is 11.5. The molecule has 0 radical (unpaired) electrons. The van der Waals surface area contributed by atoms with Gasteiger partial charge in [0.05, 0.1) is 11.9 Å². The Kier molecular flexibility index (Phi) is 3.54. The van der Waals surface area contributed by atoms with E-state index in [1.54, 1.807) is 30.0 Å². The van der Waals surface area contributed by atoms with Crippen molar-refractivity contribution >= 4 is 29.0 Å². The fourth-order valence-electron chi connectivity index (χ4n) is 1.68. The van der Waals surface area contributed by atoms with E-state index in [0.717, 1.165) is 16.6 Å². The fourth-order valence-corrected chi connectivity index (χ4v) is 4.04. The Morgan fingerprint density at radius 1 is 1.62 bits per heavy atom. The Morgan fingerprint density at radius 3 is 2.94 bits per heavy atom. The molecule has 0 saturated carbocycles. The van der Waals surface area contributed by atoms with Gasteiger partial charge in [0.1, 0.15) is 5.01 Å². The average Bonchev–Trinajstić information content (AvgIpc) is 2.86. The lowest BCUT2D eigenvalue weighted by molar-refractivity contribution is -0.129. The lowest BCUT2D eigenvalue weighted by Crippen LogP contribution is -2.28. The second-order valence-electron chi connectivity index (χ2n) is 4.26.